The predicted molar refractivity (Wildman–Crippen MR) is 58.2 cm³/mol. The van der Waals surface area contributed by atoms with Crippen molar-refractivity contribution >= 4 is 11.5 Å². The SMILES string of the molecule is O=[N+]([O-])c1ccc(NC2C3CNCC32)cn1. The second-order valence-electron chi connectivity index (χ2n) is 4.32. The summed E-state index contributed by atoms with van der Waals surface area (Å²) in [5.74, 6) is 1.33. The van der Waals surface area contributed by atoms with Crippen LogP contribution in [0.25, 0.3) is 0 Å². The van der Waals surface area contributed by atoms with E-state index >= 15 is 0 Å². The lowest BCUT2D eigenvalue weighted by Crippen LogP contribution is -2.21. The number of nitrogens with zero attached hydrogens (tertiary/aromatic N) is 2. The molecule has 2 unspecified atom stereocenters. The summed E-state index contributed by atoms with van der Waals surface area (Å²) in [6, 6.07) is 3.66. The van der Waals surface area contributed by atoms with Gasteiger partial charge in [-0.2, -0.15) is 0 Å². The quantitative estimate of drug-likeness (QED) is 0.576. The summed E-state index contributed by atoms with van der Waals surface area (Å²) in [5.41, 5.74) is 0.866. The molecule has 0 amide bonds. The molecule has 3 rings (SSSR count). The van der Waals surface area contributed by atoms with E-state index in [9.17, 15) is 10.1 Å². The van der Waals surface area contributed by atoms with E-state index in [2.05, 4.69) is 15.6 Å². The number of piperidine rings is 1. The van der Waals surface area contributed by atoms with Crippen LogP contribution in [0.5, 0.6) is 0 Å². The fourth-order valence-electron chi connectivity index (χ4n) is 2.40. The standard InChI is InChI=1S/C10H12N4O2/c15-14(16)9-2-1-6(3-12-9)13-10-7-4-11-5-8(7)10/h1-3,7-8,10-11,13H,4-5H2. The molecular formula is C10H12N4O2. The van der Waals surface area contributed by atoms with E-state index in [-0.39, 0.29) is 5.82 Å². The molecule has 6 nitrogen and oxygen atoms in total. The van der Waals surface area contributed by atoms with Gasteiger partial charge in [-0.15, -0.1) is 0 Å². The normalized spacial score (nSPS) is 30.9. The largest absolute Gasteiger partial charge is 0.379 e. The topological polar surface area (TPSA) is 80.1 Å². The molecule has 1 saturated heterocycles. The Bertz CT molecular complexity index is 409. The molecule has 1 saturated carbocycles. The van der Waals surface area contributed by atoms with Crippen molar-refractivity contribution < 1.29 is 4.92 Å². The first kappa shape index (κ1) is 9.53. The number of nitrogens with one attached hydrogen (secondary N) is 2. The van der Waals surface area contributed by atoms with E-state index in [0.29, 0.717) is 6.04 Å². The molecule has 2 fully saturated rings. The van der Waals surface area contributed by atoms with Crippen molar-refractivity contribution in [2.75, 3.05) is 18.4 Å². The van der Waals surface area contributed by atoms with Crippen LogP contribution in [0.2, 0.25) is 0 Å². The first-order valence-electron chi connectivity index (χ1n) is 5.33. The van der Waals surface area contributed by atoms with Crippen molar-refractivity contribution in [1.29, 1.82) is 0 Å². The fraction of sp³-hybridized carbons (Fsp3) is 0.500. The fourth-order valence-corrected chi connectivity index (χ4v) is 2.40. The molecule has 1 aromatic rings. The molecule has 1 aliphatic heterocycles. The zero-order valence-electron chi connectivity index (χ0n) is 8.59. The van der Waals surface area contributed by atoms with Gasteiger partial charge in [-0.3, -0.25) is 0 Å². The van der Waals surface area contributed by atoms with Crippen LogP contribution in [0, 0.1) is 22.0 Å². The molecule has 1 aliphatic carbocycles. The molecule has 2 N–H and O–H groups in total. The molecule has 2 aliphatic rings. The van der Waals surface area contributed by atoms with Gasteiger partial charge in [0.25, 0.3) is 0 Å². The number of anilines is 1. The molecule has 84 valence electrons. The summed E-state index contributed by atoms with van der Waals surface area (Å²) in [6.45, 7) is 2.14. The summed E-state index contributed by atoms with van der Waals surface area (Å²) < 4.78 is 0. The maximum atomic E-state index is 10.4. The van der Waals surface area contributed by atoms with Crippen LogP contribution in [0.1, 0.15) is 0 Å². The van der Waals surface area contributed by atoms with Gasteiger partial charge in [0.15, 0.2) is 6.20 Å². The average molecular weight is 220 g/mol. The summed E-state index contributed by atoms with van der Waals surface area (Å²) in [4.78, 5) is 13.7. The highest BCUT2D eigenvalue weighted by atomic mass is 16.6. The smallest absolute Gasteiger partial charge is 0.363 e. The summed E-state index contributed by atoms with van der Waals surface area (Å²) in [5, 5.41) is 17.1. The molecule has 0 aromatic carbocycles. The maximum absolute atomic E-state index is 10.4. The van der Waals surface area contributed by atoms with Gasteiger partial charge in [-0.05, 0) is 27.8 Å². The minimum absolute atomic E-state index is 0.108. The number of rotatable bonds is 3. The number of hydrogen-bond donors (Lipinski definition) is 2. The maximum Gasteiger partial charge on any atom is 0.363 e. The predicted octanol–water partition coefficient (Wildman–Crippen LogP) is 0.619. The second-order valence-corrected chi connectivity index (χ2v) is 4.32. The molecular weight excluding hydrogens is 208 g/mol. The van der Waals surface area contributed by atoms with Crippen LogP contribution in [0.3, 0.4) is 0 Å². The summed E-state index contributed by atoms with van der Waals surface area (Å²) >= 11 is 0. The number of pyridine rings is 1. The van der Waals surface area contributed by atoms with Crippen LogP contribution < -0.4 is 10.6 Å². The molecule has 2 atom stereocenters. The number of fused-ring (bicyclic) bond motifs is 1. The van der Waals surface area contributed by atoms with Crippen LogP contribution in [0.15, 0.2) is 18.3 Å². The van der Waals surface area contributed by atoms with Gasteiger partial charge in [-0.1, -0.05) is 0 Å². The first-order valence-corrected chi connectivity index (χ1v) is 5.33. The molecule has 1 aromatic heterocycles. The third-order valence-corrected chi connectivity index (χ3v) is 3.36. The lowest BCUT2D eigenvalue weighted by atomic mass is 10.3. The number of nitro groups is 1. The lowest BCUT2D eigenvalue weighted by Gasteiger charge is -2.06. The van der Waals surface area contributed by atoms with Gasteiger partial charge in [0.1, 0.15) is 0 Å². The van der Waals surface area contributed by atoms with Crippen LogP contribution >= 0.6 is 0 Å². The van der Waals surface area contributed by atoms with Crippen LogP contribution in [-0.4, -0.2) is 29.0 Å². The third kappa shape index (κ3) is 1.51. The Morgan fingerprint density at radius 2 is 2.19 bits per heavy atom. The Morgan fingerprint density at radius 3 is 2.75 bits per heavy atom. The highest BCUT2D eigenvalue weighted by Gasteiger charge is 2.52. The monoisotopic (exact) mass is 220 g/mol. The molecule has 0 bridgehead atoms. The number of hydrogen-bond acceptors (Lipinski definition) is 5. The Labute approximate surface area is 92.2 Å². The molecule has 16 heavy (non-hydrogen) atoms. The zero-order valence-corrected chi connectivity index (χ0v) is 8.59. The highest BCUT2D eigenvalue weighted by molar-refractivity contribution is 5.46. The minimum Gasteiger partial charge on any atom is -0.379 e. The summed E-state index contributed by atoms with van der Waals surface area (Å²) in [7, 11) is 0. The van der Waals surface area contributed by atoms with Gasteiger partial charge >= 0.3 is 5.82 Å². The highest BCUT2D eigenvalue weighted by Crippen LogP contribution is 2.43. The van der Waals surface area contributed by atoms with E-state index in [4.69, 9.17) is 0 Å². The molecule has 2 heterocycles. The van der Waals surface area contributed by atoms with Crippen molar-refractivity contribution in [3.8, 4) is 0 Å². The summed E-state index contributed by atoms with van der Waals surface area (Å²) in [6.07, 6.45) is 1.53. The average Bonchev–Trinajstić information content (AvgIpc) is 2.75. The first-order chi connectivity index (χ1) is 7.75. The van der Waals surface area contributed by atoms with Gasteiger partial charge in [0.05, 0.1) is 5.69 Å². The van der Waals surface area contributed by atoms with E-state index < -0.39 is 4.92 Å². The Balaban J connectivity index is 1.65. The Kier molecular flexibility index (Phi) is 2.03. The van der Waals surface area contributed by atoms with Crippen LogP contribution in [0.4, 0.5) is 11.5 Å². The van der Waals surface area contributed by atoms with Gasteiger partial charge in [0, 0.05) is 25.2 Å². The number of aromatic nitrogens is 1. The van der Waals surface area contributed by atoms with E-state index in [0.717, 1.165) is 30.6 Å². The minimum atomic E-state index is -0.487. The Hall–Kier alpha value is -1.69. The van der Waals surface area contributed by atoms with Crippen molar-refractivity contribution in [3.05, 3.63) is 28.4 Å². The molecule has 0 spiro atoms. The third-order valence-electron chi connectivity index (χ3n) is 3.36. The van der Waals surface area contributed by atoms with Crippen LogP contribution in [-0.2, 0) is 0 Å². The van der Waals surface area contributed by atoms with Gasteiger partial charge in [-0.25, -0.2) is 0 Å². The molecule has 0 radical (unpaired) electrons. The Morgan fingerprint density at radius 1 is 1.44 bits per heavy atom. The molecule has 6 heteroatoms. The van der Waals surface area contributed by atoms with Gasteiger partial charge < -0.3 is 20.7 Å². The van der Waals surface area contributed by atoms with Crippen molar-refractivity contribution in [3.63, 3.8) is 0 Å². The van der Waals surface area contributed by atoms with Gasteiger partial charge in [0.2, 0.25) is 0 Å². The van der Waals surface area contributed by atoms with E-state index in [1.165, 1.54) is 12.3 Å². The second kappa shape index (κ2) is 3.41. The van der Waals surface area contributed by atoms with E-state index in [1.54, 1.807) is 6.07 Å². The van der Waals surface area contributed by atoms with Crippen molar-refractivity contribution in [1.82, 2.24) is 10.3 Å². The van der Waals surface area contributed by atoms with Crippen molar-refractivity contribution in [2.45, 2.75) is 6.04 Å². The lowest BCUT2D eigenvalue weighted by molar-refractivity contribution is -0.389. The zero-order chi connectivity index (χ0) is 11.1. The van der Waals surface area contributed by atoms with E-state index in [1.807, 2.05) is 0 Å². The van der Waals surface area contributed by atoms with Crippen molar-refractivity contribution in [2.24, 2.45) is 11.8 Å².